The Labute approximate surface area is 221 Å². The quantitative estimate of drug-likeness (QED) is 0.550. The number of ether oxygens (including phenoxy) is 4. The number of ketones is 1. The van der Waals surface area contributed by atoms with Gasteiger partial charge in [-0.25, -0.2) is 4.79 Å². The number of rotatable bonds is 5. The molecule has 8 heteroatoms. The van der Waals surface area contributed by atoms with Gasteiger partial charge in [-0.2, -0.15) is 0 Å². The van der Waals surface area contributed by atoms with Crippen molar-refractivity contribution in [2.75, 3.05) is 13.7 Å². The maximum absolute atomic E-state index is 13.0. The van der Waals surface area contributed by atoms with Crippen LogP contribution >= 0.6 is 0 Å². The van der Waals surface area contributed by atoms with Crippen LogP contribution in [0.3, 0.4) is 0 Å². The van der Waals surface area contributed by atoms with Crippen LogP contribution in [0.2, 0.25) is 0 Å². The van der Waals surface area contributed by atoms with Crippen molar-refractivity contribution in [3.8, 4) is 23.0 Å². The van der Waals surface area contributed by atoms with Crippen LogP contribution in [0.1, 0.15) is 62.6 Å². The summed E-state index contributed by atoms with van der Waals surface area (Å²) in [5, 5.41) is 20.3. The van der Waals surface area contributed by atoms with Crippen molar-refractivity contribution in [1.82, 2.24) is 0 Å². The molecule has 0 saturated heterocycles. The van der Waals surface area contributed by atoms with E-state index in [1.165, 1.54) is 0 Å². The van der Waals surface area contributed by atoms with E-state index in [9.17, 15) is 19.8 Å². The van der Waals surface area contributed by atoms with Crippen molar-refractivity contribution in [2.24, 2.45) is 0 Å². The molecule has 2 aromatic rings. The largest absolute Gasteiger partial charge is 0.508 e. The lowest BCUT2D eigenvalue weighted by Gasteiger charge is -2.29. The number of hydrogen-bond acceptors (Lipinski definition) is 8. The van der Waals surface area contributed by atoms with Crippen molar-refractivity contribution >= 4 is 17.3 Å². The van der Waals surface area contributed by atoms with Gasteiger partial charge in [0.15, 0.2) is 0 Å². The summed E-state index contributed by atoms with van der Waals surface area (Å²) >= 11 is 0. The van der Waals surface area contributed by atoms with Crippen LogP contribution in [0.4, 0.5) is 0 Å². The minimum absolute atomic E-state index is 0.0407. The molecule has 0 radical (unpaired) electrons. The van der Waals surface area contributed by atoms with Gasteiger partial charge in [0.1, 0.15) is 34.9 Å². The number of methoxy groups -OCH3 is 1. The minimum atomic E-state index is -1.08. The average molecular weight is 521 g/mol. The van der Waals surface area contributed by atoms with Gasteiger partial charge in [0.25, 0.3) is 0 Å². The number of Topliss-reactive ketones (excluding diaryl/α,β-unsaturated/α-hetero) is 1. The van der Waals surface area contributed by atoms with E-state index in [-0.39, 0.29) is 29.8 Å². The highest BCUT2D eigenvalue weighted by molar-refractivity contribution is 5.97. The van der Waals surface area contributed by atoms with Gasteiger partial charge >= 0.3 is 5.97 Å². The zero-order valence-corrected chi connectivity index (χ0v) is 22.0. The highest BCUT2D eigenvalue weighted by atomic mass is 16.6. The fraction of sp³-hybridized carbons (Fsp3) is 0.400. The molecule has 5 rings (SSSR count). The van der Waals surface area contributed by atoms with Crippen LogP contribution in [0.25, 0.3) is 5.57 Å². The summed E-state index contributed by atoms with van der Waals surface area (Å²) in [6.45, 7) is 5.31. The third kappa shape index (κ3) is 4.65. The third-order valence-corrected chi connectivity index (χ3v) is 7.39. The molecule has 8 nitrogen and oxygen atoms in total. The molecule has 2 aromatic carbocycles. The predicted molar refractivity (Wildman–Crippen MR) is 139 cm³/mol. The van der Waals surface area contributed by atoms with Crippen molar-refractivity contribution in [3.63, 3.8) is 0 Å². The number of aliphatic hydroxyl groups is 1. The number of esters is 1. The number of phenolic OH excluding ortho intramolecular Hbond substituents is 1. The number of fused-ring (bicyclic) bond motifs is 2. The van der Waals surface area contributed by atoms with Crippen molar-refractivity contribution in [3.05, 3.63) is 64.4 Å². The molecule has 1 aliphatic carbocycles. The zero-order chi connectivity index (χ0) is 27.2. The summed E-state index contributed by atoms with van der Waals surface area (Å²) in [6, 6.07) is 8.43. The molecule has 2 N–H and O–H groups in total. The number of hydrogen-bond donors (Lipinski definition) is 2. The number of carbonyl (C=O) groups is 2. The first-order valence-electron chi connectivity index (χ1n) is 12.8. The molecule has 200 valence electrons. The Balaban J connectivity index is 1.65. The monoisotopic (exact) mass is 520 g/mol. The second-order valence-electron chi connectivity index (χ2n) is 10.4. The molecular formula is C30H32O8. The average Bonchev–Trinajstić information content (AvgIpc) is 3.32. The van der Waals surface area contributed by atoms with Gasteiger partial charge in [-0.05, 0) is 63.0 Å². The zero-order valence-electron chi connectivity index (χ0n) is 22.0. The van der Waals surface area contributed by atoms with E-state index >= 15 is 0 Å². The fourth-order valence-corrected chi connectivity index (χ4v) is 5.39. The summed E-state index contributed by atoms with van der Waals surface area (Å²) in [4.78, 5) is 25.7. The Morgan fingerprint density at radius 3 is 2.53 bits per heavy atom. The van der Waals surface area contributed by atoms with Crippen LogP contribution in [0, 0.1) is 0 Å². The van der Waals surface area contributed by atoms with Gasteiger partial charge in [0.05, 0.1) is 24.9 Å². The van der Waals surface area contributed by atoms with Gasteiger partial charge < -0.3 is 29.2 Å². The molecule has 0 spiro atoms. The molecule has 0 bridgehead atoms. The number of phenols is 1. The summed E-state index contributed by atoms with van der Waals surface area (Å²) in [7, 11) is 1.57. The Bertz CT molecular complexity index is 1340. The molecule has 3 aliphatic rings. The summed E-state index contributed by atoms with van der Waals surface area (Å²) in [5.74, 6) is 0.827. The van der Waals surface area contributed by atoms with E-state index in [0.29, 0.717) is 48.5 Å². The Kier molecular flexibility index (Phi) is 6.69. The standard InChI is InChI=1S/C30H32O8/c1-5-36-29(33)25-13-20(17-8-11-22(32)19(12-17)16-6-9-18(31)10-7-16)27-24(37-25)15-23-21(28(27)35-4)14-26(38-23)30(2,3)34/h6-7,9-10,13,15,19,26,31,34H,5,8,11-12,14H2,1-4H3/b20-17-/t19-,26-/m0/s1. The van der Waals surface area contributed by atoms with E-state index in [2.05, 4.69) is 0 Å². The summed E-state index contributed by atoms with van der Waals surface area (Å²) < 4.78 is 23.3. The normalized spacial score (nSPS) is 22.6. The molecular weight excluding hydrogens is 488 g/mol. The predicted octanol–water partition coefficient (Wildman–Crippen LogP) is 4.61. The topological polar surface area (TPSA) is 112 Å². The number of carbonyl (C=O) groups excluding carboxylic acids is 2. The smallest absolute Gasteiger partial charge is 0.374 e. The lowest BCUT2D eigenvalue weighted by molar-refractivity contribution is -0.141. The highest BCUT2D eigenvalue weighted by Gasteiger charge is 2.40. The molecule has 0 unspecified atom stereocenters. The lowest BCUT2D eigenvalue weighted by Crippen LogP contribution is -2.39. The van der Waals surface area contributed by atoms with Gasteiger partial charge in [-0.1, -0.05) is 17.7 Å². The molecule has 0 amide bonds. The Morgan fingerprint density at radius 2 is 1.87 bits per heavy atom. The highest BCUT2D eigenvalue weighted by Crippen LogP contribution is 2.52. The molecule has 2 atom stereocenters. The van der Waals surface area contributed by atoms with Crippen LogP contribution < -0.4 is 14.2 Å². The molecule has 2 aliphatic heterocycles. The van der Waals surface area contributed by atoms with Gasteiger partial charge in [-0.3, -0.25) is 4.79 Å². The first kappa shape index (κ1) is 25.9. The first-order valence-corrected chi connectivity index (χ1v) is 12.8. The summed E-state index contributed by atoms with van der Waals surface area (Å²) in [6.07, 6.45) is 2.97. The fourth-order valence-electron chi connectivity index (χ4n) is 5.39. The first-order chi connectivity index (χ1) is 18.1. The molecule has 1 saturated carbocycles. The molecule has 38 heavy (non-hydrogen) atoms. The second-order valence-corrected chi connectivity index (χ2v) is 10.4. The van der Waals surface area contributed by atoms with Crippen molar-refractivity contribution in [2.45, 2.75) is 64.1 Å². The van der Waals surface area contributed by atoms with Gasteiger partial charge in [0.2, 0.25) is 5.76 Å². The van der Waals surface area contributed by atoms with Crippen LogP contribution in [0.15, 0.2) is 47.7 Å². The van der Waals surface area contributed by atoms with E-state index in [1.807, 2.05) is 0 Å². The Hall–Kier alpha value is -3.78. The third-order valence-electron chi connectivity index (χ3n) is 7.39. The number of allylic oxidation sites excluding steroid dienone is 3. The second kappa shape index (κ2) is 9.83. The van der Waals surface area contributed by atoms with Crippen molar-refractivity contribution < 1.29 is 38.7 Å². The van der Waals surface area contributed by atoms with Crippen molar-refractivity contribution in [1.29, 1.82) is 0 Å². The summed E-state index contributed by atoms with van der Waals surface area (Å²) in [5.41, 5.74) is 3.00. The van der Waals surface area contributed by atoms with E-state index in [4.69, 9.17) is 18.9 Å². The van der Waals surface area contributed by atoms with Crippen LogP contribution in [-0.2, 0) is 20.7 Å². The van der Waals surface area contributed by atoms with E-state index in [0.717, 1.165) is 22.3 Å². The molecule has 0 aromatic heterocycles. The Morgan fingerprint density at radius 1 is 1.13 bits per heavy atom. The molecule has 2 heterocycles. The lowest BCUT2D eigenvalue weighted by atomic mass is 9.77. The van der Waals surface area contributed by atoms with Gasteiger partial charge in [0, 0.05) is 30.4 Å². The van der Waals surface area contributed by atoms with Crippen LogP contribution in [-0.4, -0.2) is 47.4 Å². The number of aromatic hydroxyl groups is 1. The SMILES string of the molecule is CCOC(=O)C1=C/C(=C2\CCC(=O)[C@H](c3ccc(O)cc3)C2)c2c(cc3c(c2OC)C[C@@H](C(C)(C)O)O3)O1. The maximum Gasteiger partial charge on any atom is 0.374 e. The van der Waals surface area contributed by atoms with E-state index in [1.54, 1.807) is 64.3 Å². The minimum Gasteiger partial charge on any atom is -0.508 e. The van der Waals surface area contributed by atoms with Gasteiger partial charge in [-0.15, -0.1) is 0 Å². The number of benzene rings is 2. The molecule has 1 fully saturated rings. The maximum atomic E-state index is 13.0. The van der Waals surface area contributed by atoms with Crippen LogP contribution in [0.5, 0.6) is 23.0 Å². The van der Waals surface area contributed by atoms with E-state index < -0.39 is 17.7 Å².